The number of aromatic nitrogens is 1. The third-order valence-electron chi connectivity index (χ3n) is 4.87. The van der Waals surface area contributed by atoms with E-state index >= 15 is 0 Å². The summed E-state index contributed by atoms with van der Waals surface area (Å²) in [6.45, 7) is 7.81. The van der Waals surface area contributed by atoms with Gasteiger partial charge in [0.15, 0.2) is 0 Å². The average molecular weight is 333 g/mol. The second kappa shape index (κ2) is 6.45. The molecule has 1 aromatic heterocycles. The number of benzene rings is 1. The normalized spacial score (nSPS) is 22.3. The summed E-state index contributed by atoms with van der Waals surface area (Å²) in [5, 5.41) is 10.8. The number of ether oxygens (including phenoxy) is 1. The molecule has 124 valence electrons. The van der Waals surface area contributed by atoms with Crippen LogP contribution < -0.4 is 0 Å². The van der Waals surface area contributed by atoms with Crippen LogP contribution in [-0.4, -0.2) is 72.4 Å². The van der Waals surface area contributed by atoms with Crippen molar-refractivity contribution in [3.8, 4) is 0 Å². The van der Waals surface area contributed by atoms with Crippen molar-refractivity contribution in [3.05, 3.63) is 29.3 Å². The summed E-state index contributed by atoms with van der Waals surface area (Å²) < 4.78 is 6.57. The quantitative estimate of drug-likeness (QED) is 0.897. The van der Waals surface area contributed by atoms with Gasteiger partial charge in [0.2, 0.25) is 0 Å². The number of nitrogens with zero attached hydrogens (tertiary/aromatic N) is 3. The molecule has 5 nitrogen and oxygen atoms in total. The largest absolute Gasteiger partial charge is 0.396 e. The summed E-state index contributed by atoms with van der Waals surface area (Å²) in [4.78, 5) is 9.68. The van der Waals surface area contributed by atoms with Crippen LogP contribution in [0.4, 0.5) is 0 Å². The van der Waals surface area contributed by atoms with E-state index in [2.05, 4.69) is 28.0 Å². The third-order valence-corrected chi connectivity index (χ3v) is 5.89. The van der Waals surface area contributed by atoms with Crippen molar-refractivity contribution in [1.82, 2.24) is 14.8 Å². The molecule has 4 rings (SSSR count). The minimum absolute atomic E-state index is 0.00476. The zero-order valence-corrected chi connectivity index (χ0v) is 14.1. The highest BCUT2D eigenvalue weighted by atomic mass is 32.1. The standard InChI is InChI=1S/C17H23N3O2S/c21-11-17(12-22-13-17)10-20-7-5-19(6-8-20)9-16-18-14-3-1-2-4-15(14)23-16/h1-4,21H,5-13H2. The number of thiazole rings is 1. The minimum atomic E-state index is -0.00476. The predicted molar refractivity (Wildman–Crippen MR) is 91.7 cm³/mol. The van der Waals surface area contributed by atoms with Gasteiger partial charge in [0.05, 0.1) is 42.0 Å². The number of rotatable bonds is 5. The fraction of sp³-hybridized carbons (Fsp3) is 0.588. The molecule has 2 aliphatic rings. The van der Waals surface area contributed by atoms with E-state index in [0.29, 0.717) is 13.2 Å². The molecule has 3 heterocycles. The topological polar surface area (TPSA) is 48.8 Å². The first-order chi connectivity index (χ1) is 11.3. The van der Waals surface area contributed by atoms with Gasteiger partial charge in [-0.05, 0) is 12.1 Å². The Morgan fingerprint density at radius 2 is 1.87 bits per heavy atom. The van der Waals surface area contributed by atoms with E-state index < -0.39 is 0 Å². The Morgan fingerprint density at radius 1 is 1.13 bits per heavy atom. The molecule has 2 saturated heterocycles. The molecule has 2 aromatic rings. The number of aliphatic hydroxyl groups excluding tert-OH is 1. The summed E-state index contributed by atoms with van der Waals surface area (Å²) in [7, 11) is 0. The molecular formula is C17H23N3O2S. The molecule has 0 radical (unpaired) electrons. The van der Waals surface area contributed by atoms with E-state index in [1.54, 1.807) is 11.3 Å². The van der Waals surface area contributed by atoms with Crippen LogP contribution in [0.25, 0.3) is 10.2 Å². The molecule has 0 unspecified atom stereocenters. The molecule has 0 bridgehead atoms. The van der Waals surface area contributed by atoms with Crippen LogP contribution in [0.5, 0.6) is 0 Å². The maximum Gasteiger partial charge on any atom is 0.108 e. The van der Waals surface area contributed by atoms with Gasteiger partial charge in [0.1, 0.15) is 5.01 Å². The lowest BCUT2D eigenvalue weighted by Gasteiger charge is -2.45. The van der Waals surface area contributed by atoms with Gasteiger partial charge in [-0.3, -0.25) is 9.80 Å². The molecule has 23 heavy (non-hydrogen) atoms. The highest BCUT2D eigenvalue weighted by Crippen LogP contribution is 2.28. The molecule has 0 spiro atoms. The first-order valence-electron chi connectivity index (χ1n) is 8.24. The van der Waals surface area contributed by atoms with Gasteiger partial charge in [-0.2, -0.15) is 0 Å². The van der Waals surface area contributed by atoms with E-state index in [4.69, 9.17) is 9.72 Å². The predicted octanol–water partition coefficient (Wildman–Crippen LogP) is 1.42. The zero-order chi connectivity index (χ0) is 15.7. The van der Waals surface area contributed by atoms with E-state index in [9.17, 15) is 5.11 Å². The summed E-state index contributed by atoms with van der Waals surface area (Å²) in [5.74, 6) is 0. The lowest BCUT2D eigenvalue weighted by Crippen LogP contribution is -2.56. The molecule has 0 saturated carbocycles. The molecule has 0 amide bonds. The summed E-state index contributed by atoms with van der Waals surface area (Å²) in [6.07, 6.45) is 0. The number of piperazine rings is 1. The van der Waals surface area contributed by atoms with Crippen molar-refractivity contribution in [3.63, 3.8) is 0 Å². The van der Waals surface area contributed by atoms with Gasteiger partial charge < -0.3 is 9.84 Å². The highest BCUT2D eigenvalue weighted by Gasteiger charge is 2.40. The molecule has 0 atom stereocenters. The van der Waals surface area contributed by atoms with Gasteiger partial charge in [0.25, 0.3) is 0 Å². The SMILES string of the molecule is OCC1(CN2CCN(Cc3nc4ccccc4s3)CC2)COC1. The van der Waals surface area contributed by atoms with Gasteiger partial charge in [-0.1, -0.05) is 12.1 Å². The van der Waals surface area contributed by atoms with Gasteiger partial charge in [-0.15, -0.1) is 11.3 Å². The summed E-state index contributed by atoms with van der Waals surface area (Å²) in [6, 6.07) is 8.35. The fourth-order valence-corrected chi connectivity index (χ4v) is 4.39. The number of para-hydroxylation sites is 1. The summed E-state index contributed by atoms with van der Waals surface area (Å²) >= 11 is 1.80. The maximum absolute atomic E-state index is 9.56. The molecule has 0 aliphatic carbocycles. The zero-order valence-electron chi connectivity index (χ0n) is 13.3. The number of aliphatic hydroxyl groups is 1. The van der Waals surface area contributed by atoms with Crippen LogP contribution >= 0.6 is 11.3 Å². The van der Waals surface area contributed by atoms with Crippen molar-refractivity contribution >= 4 is 21.6 Å². The first kappa shape index (κ1) is 15.5. The molecule has 2 aliphatic heterocycles. The van der Waals surface area contributed by atoms with Crippen LogP contribution in [-0.2, 0) is 11.3 Å². The first-order valence-corrected chi connectivity index (χ1v) is 9.06. The van der Waals surface area contributed by atoms with Crippen molar-refractivity contribution in [2.24, 2.45) is 5.41 Å². The minimum Gasteiger partial charge on any atom is -0.396 e. The molecule has 1 aromatic carbocycles. The van der Waals surface area contributed by atoms with Crippen molar-refractivity contribution in [2.75, 3.05) is 52.5 Å². The Hall–Kier alpha value is -1.05. The smallest absolute Gasteiger partial charge is 0.108 e. The Bertz CT molecular complexity index is 624. The highest BCUT2D eigenvalue weighted by molar-refractivity contribution is 7.18. The molecule has 6 heteroatoms. The second-order valence-corrected chi connectivity index (χ2v) is 7.89. The van der Waals surface area contributed by atoms with Gasteiger partial charge in [0, 0.05) is 32.7 Å². The third kappa shape index (κ3) is 3.27. The Kier molecular flexibility index (Phi) is 4.34. The number of hydrogen-bond acceptors (Lipinski definition) is 6. The maximum atomic E-state index is 9.56. The van der Waals surface area contributed by atoms with Crippen molar-refractivity contribution in [1.29, 1.82) is 0 Å². The van der Waals surface area contributed by atoms with Gasteiger partial charge >= 0.3 is 0 Å². The van der Waals surface area contributed by atoms with E-state index in [1.165, 1.54) is 9.71 Å². The van der Waals surface area contributed by atoms with Crippen molar-refractivity contribution < 1.29 is 9.84 Å². The van der Waals surface area contributed by atoms with Crippen LogP contribution in [0.1, 0.15) is 5.01 Å². The van der Waals surface area contributed by atoms with Crippen LogP contribution in [0.3, 0.4) is 0 Å². The van der Waals surface area contributed by atoms with E-state index in [0.717, 1.165) is 44.8 Å². The Morgan fingerprint density at radius 3 is 2.52 bits per heavy atom. The molecule has 1 N–H and O–H groups in total. The molecular weight excluding hydrogens is 310 g/mol. The average Bonchev–Trinajstić information content (AvgIpc) is 2.95. The lowest BCUT2D eigenvalue weighted by molar-refractivity contribution is -0.150. The van der Waals surface area contributed by atoms with E-state index in [1.807, 2.05) is 6.07 Å². The molecule has 2 fully saturated rings. The lowest BCUT2D eigenvalue weighted by atomic mass is 9.86. The van der Waals surface area contributed by atoms with Gasteiger partial charge in [-0.25, -0.2) is 4.98 Å². The van der Waals surface area contributed by atoms with Crippen LogP contribution in [0, 0.1) is 5.41 Å². The number of hydrogen-bond donors (Lipinski definition) is 1. The van der Waals surface area contributed by atoms with Crippen molar-refractivity contribution in [2.45, 2.75) is 6.54 Å². The van der Waals surface area contributed by atoms with Crippen LogP contribution in [0.15, 0.2) is 24.3 Å². The monoisotopic (exact) mass is 333 g/mol. The van der Waals surface area contributed by atoms with E-state index in [-0.39, 0.29) is 12.0 Å². The Balaban J connectivity index is 1.31. The van der Waals surface area contributed by atoms with Crippen LogP contribution in [0.2, 0.25) is 0 Å². The summed E-state index contributed by atoms with van der Waals surface area (Å²) in [5.41, 5.74) is 1.11. The fourth-order valence-electron chi connectivity index (χ4n) is 3.38. The number of fused-ring (bicyclic) bond motifs is 1. The Labute approximate surface area is 140 Å². The second-order valence-electron chi connectivity index (χ2n) is 6.78.